The van der Waals surface area contributed by atoms with Gasteiger partial charge in [-0.2, -0.15) is 0 Å². The van der Waals surface area contributed by atoms with E-state index in [2.05, 4.69) is 10.6 Å². The fourth-order valence-corrected chi connectivity index (χ4v) is 1.54. The third-order valence-corrected chi connectivity index (χ3v) is 2.68. The van der Waals surface area contributed by atoms with Gasteiger partial charge in [-0.05, 0) is 43.5 Å². The normalized spacial score (nSPS) is 10.0. The van der Waals surface area contributed by atoms with Crippen molar-refractivity contribution in [2.45, 2.75) is 19.3 Å². The largest absolute Gasteiger partial charge is 0.396 e. The molecule has 104 valence electrons. The second-order valence-corrected chi connectivity index (χ2v) is 4.44. The Morgan fingerprint density at radius 1 is 1.05 bits per heavy atom. The second kappa shape index (κ2) is 8.50. The lowest BCUT2D eigenvalue weighted by atomic mass is 10.2. The Morgan fingerprint density at radius 3 is 2.37 bits per heavy atom. The molecule has 0 aliphatic carbocycles. The van der Waals surface area contributed by atoms with Crippen LogP contribution in [0.25, 0.3) is 0 Å². The van der Waals surface area contributed by atoms with E-state index in [0.717, 1.165) is 12.8 Å². The van der Waals surface area contributed by atoms with Gasteiger partial charge in [-0.15, -0.1) is 0 Å². The van der Waals surface area contributed by atoms with Crippen molar-refractivity contribution in [2.24, 2.45) is 0 Å². The molecule has 0 heterocycles. The first-order valence-electron chi connectivity index (χ1n) is 6.09. The van der Waals surface area contributed by atoms with Crippen molar-refractivity contribution in [2.75, 3.05) is 18.5 Å². The number of benzene rings is 1. The zero-order chi connectivity index (χ0) is 14.1. The zero-order valence-corrected chi connectivity index (χ0v) is 11.2. The summed E-state index contributed by atoms with van der Waals surface area (Å²) in [7, 11) is 0. The molecule has 1 rings (SSSR count). The Bertz CT molecular complexity index is 420. The number of anilines is 1. The van der Waals surface area contributed by atoms with E-state index < -0.39 is 11.8 Å². The molecule has 0 atom stereocenters. The summed E-state index contributed by atoms with van der Waals surface area (Å²) in [6, 6.07) is 6.50. The van der Waals surface area contributed by atoms with Crippen LogP contribution in [0.15, 0.2) is 24.3 Å². The van der Waals surface area contributed by atoms with E-state index >= 15 is 0 Å². The van der Waals surface area contributed by atoms with Gasteiger partial charge < -0.3 is 15.7 Å². The fourth-order valence-electron chi connectivity index (χ4n) is 1.42. The molecule has 0 spiro atoms. The van der Waals surface area contributed by atoms with Gasteiger partial charge in [-0.1, -0.05) is 11.6 Å². The van der Waals surface area contributed by atoms with Crippen LogP contribution in [0.3, 0.4) is 0 Å². The maximum absolute atomic E-state index is 11.5. The summed E-state index contributed by atoms with van der Waals surface area (Å²) in [4.78, 5) is 23.0. The molecule has 0 unspecified atom stereocenters. The van der Waals surface area contributed by atoms with Crippen LogP contribution in [-0.4, -0.2) is 30.1 Å². The lowest BCUT2D eigenvalue weighted by Crippen LogP contribution is -2.35. The van der Waals surface area contributed by atoms with Crippen molar-refractivity contribution >= 4 is 29.1 Å². The summed E-state index contributed by atoms with van der Waals surface area (Å²) in [5.41, 5.74) is 0.518. The standard InChI is InChI=1S/C13H17ClN2O3/c14-10-4-6-11(7-5-10)16-13(19)12(18)15-8-2-1-3-9-17/h4-7,17H,1-3,8-9H2,(H,15,18)(H,16,19). The molecule has 5 nitrogen and oxygen atoms in total. The highest BCUT2D eigenvalue weighted by Crippen LogP contribution is 2.13. The minimum atomic E-state index is -0.704. The van der Waals surface area contributed by atoms with Gasteiger partial charge in [-0.3, -0.25) is 9.59 Å². The first kappa shape index (κ1) is 15.5. The van der Waals surface area contributed by atoms with Crippen molar-refractivity contribution in [3.8, 4) is 0 Å². The highest BCUT2D eigenvalue weighted by Gasteiger charge is 2.12. The smallest absolute Gasteiger partial charge is 0.313 e. The molecule has 2 amide bonds. The molecule has 0 radical (unpaired) electrons. The average Bonchev–Trinajstić information content (AvgIpc) is 2.41. The summed E-state index contributed by atoms with van der Waals surface area (Å²) in [5, 5.41) is 14.1. The molecule has 3 N–H and O–H groups in total. The van der Waals surface area contributed by atoms with Crippen LogP contribution in [0, 0.1) is 0 Å². The number of amides is 2. The summed E-state index contributed by atoms with van der Waals surface area (Å²) in [6.07, 6.45) is 2.25. The quantitative estimate of drug-likeness (QED) is 0.548. The Kier molecular flexibility index (Phi) is 6.92. The maximum atomic E-state index is 11.5. The highest BCUT2D eigenvalue weighted by molar-refractivity contribution is 6.39. The van der Waals surface area contributed by atoms with Gasteiger partial charge in [0.15, 0.2) is 0 Å². The Labute approximate surface area is 117 Å². The predicted molar refractivity (Wildman–Crippen MR) is 74.0 cm³/mol. The van der Waals surface area contributed by atoms with Gasteiger partial charge in [0.25, 0.3) is 0 Å². The summed E-state index contributed by atoms with van der Waals surface area (Å²) >= 11 is 5.71. The van der Waals surface area contributed by atoms with Crippen LogP contribution in [0.1, 0.15) is 19.3 Å². The maximum Gasteiger partial charge on any atom is 0.313 e. The van der Waals surface area contributed by atoms with E-state index in [-0.39, 0.29) is 6.61 Å². The number of carbonyl (C=O) groups excluding carboxylic acids is 2. The SMILES string of the molecule is O=C(NCCCCCO)C(=O)Nc1ccc(Cl)cc1. The van der Waals surface area contributed by atoms with Gasteiger partial charge in [-0.25, -0.2) is 0 Å². The van der Waals surface area contributed by atoms with Crippen molar-refractivity contribution < 1.29 is 14.7 Å². The summed E-state index contributed by atoms with van der Waals surface area (Å²) in [5.74, 6) is -1.37. The van der Waals surface area contributed by atoms with E-state index in [1.165, 1.54) is 0 Å². The van der Waals surface area contributed by atoms with Crippen molar-refractivity contribution in [3.63, 3.8) is 0 Å². The molecule has 19 heavy (non-hydrogen) atoms. The number of nitrogens with one attached hydrogen (secondary N) is 2. The van der Waals surface area contributed by atoms with E-state index in [1.54, 1.807) is 24.3 Å². The predicted octanol–water partition coefficient (Wildman–Crippen LogP) is 1.56. The van der Waals surface area contributed by atoms with Crippen LogP contribution in [-0.2, 0) is 9.59 Å². The number of unbranched alkanes of at least 4 members (excludes halogenated alkanes) is 2. The van der Waals surface area contributed by atoms with Gasteiger partial charge in [0.2, 0.25) is 0 Å². The summed E-state index contributed by atoms with van der Waals surface area (Å²) < 4.78 is 0. The zero-order valence-electron chi connectivity index (χ0n) is 10.5. The Hall–Kier alpha value is -1.59. The molecule has 6 heteroatoms. The van der Waals surface area contributed by atoms with Crippen molar-refractivity contribution in [3.05, 3.63) is 29.3 Å². The first-order valence-corrected chi connectivity index (χ1v) is 6.47. The molecule has 1 aromatic rings. The Balaban J connectivity index is 2.28. The molecular weight excluding hydrogens is 268 g/mol. The molecule has 0 fully saturated rings. The van der Waals surface area contributed by atoms with Crippen LogP contribution in [0.5, 0.6) is 0 Å². The average molecular weight is 285 g/mol. The number of aliphatic hydroxyl groups is 1. The molecule has 1 aromatic carbocycles. The van der Waals surface area contributed by atoms with Crippen LogP contribution in [0.2, 0.25) is 5.02 Å². The molecule has 0 aromatic heterocycles. The summed E-state index contributed by atoms with van der Waals surface area (Å²) in [6.45, 7) is 0.567. The van der Waals surface area contributed by atoms with E-state index in [4.69, 9.17) is 16.7 Å². The third kappa shape index (κ3) is 6.22. The second-order valence-electron chi connectivity index (χ2n) is 4.00. The Morgan fingerprint density at radius 2 is 1.74 bits per heavy atom. The van der Waals surface area contributed by atoms with Gasteiger partial charge in [0.05, 0.1) is 0 Å². The van der Waals surface area contributed by atoms with Crippen molar-refractivity contribution in [1.82, 2.24) is 5.32 Å². The first-order chi connectivity index (χ1) is 9.13. The third-order valence-electron chi connectivity index (χ3n) is 2.43. The molecular formula is C13H17ClN2O3. The van der Waals surface area contributed by atoms with Crippen LogP contribution < -0.4 is 10.6 Å². The molecule has 0 bridgehead atoms. The number of hydrogen-bond acceptors (Lipinski definition) is 3. The monoisotopic (exact) mass is 284 g/mol. The van der Waals surface area contributed by atoms with E-state index in [9.17, 15) is 9.59 Å². The highest BCUT2D eigenvalue weighted by atomic mass is 35.5. The van der Waals surface area contributed by atoms with E-state index in [0.29, 0.717) is 23.7 Å². The number of carbonyl (C=O) groups is 2. The number of aliphatic hydroxyl groups excluding tert-OH is 1. The molecule has 0 aliphatic heterocycles. The van der Waals surface area contributed by atoms with Gasteiger partial charge >= 0.3 is 11.8 Å². The molecule has 0 saturated heterocycles. The minimum Gasteiger partial charge on any atom is -0.396 e. The number of halogens is 1. The lowest BCUT2D eigenvalue weighted by Gasteiger charge is -2.06. The van der Waals surface area contributed by atoms with Gasteiger partial charge in [0, 0.05) is 23.9 Å². The molecule has 0 saturated carbocycles. The van der Waals surface area contributed by atoms with Crippen molar-refractivity contribution in [1.29, 1.82) is 0 Å². The number of hydrogen-bond donors (Lipinski definition) is 3. The van der Waals surface area contributed by atoms with E-state index in [1.807, 2.05) is 0 Å². The van der Waals surface area contributed by atoms with Crippen LogP contribution >= 0.6 is 11.6 Å². The lowest BCUT2D eigenvalue weighted by molar-refractivity contribution is -0.136. The number of rotatable bonds is 6. The molecule has 0 aliphatic rings. The minimum absolute atomic E-state index is 0.144. The van der Waals surface area contributed by atoms with Crippen LogP contribution in [0.4, 0.5) is 5.69 Å². The fraction of sp³-hybridized carbons (Fsp3) is 0.385. The topological polar surface area (TPSA) is 78.4 Å². The van der Waals surface area contributed by atoms with Gasteiger partial charge in [0.1, 0.15) is 0 Å².